The second kappa shape index (κ2) is 23.7. The summed E-state index contributed by atoms with van der Waals surface area (Å²) < 4.78 is 13.2. The van der Waals surface area contributed by atoms with E-state index in [2.05, 4.69) is 53.3 Å². The monoisotopic (exact) mass is 1030 g/mol. The Kier molecular flexibility index (Phi) is 18.3. The van der Waals surface area contributed by atoms with Crippen LogP contribution in [-0.4, -0.2) is 96.7 Å². The van der Waals surface area contributed by atoms with Crippen molar-refractivity contribution in [3.05, 3.63) is 70.5 Å². The summed E-state index contributed by atoms with van der Waals surface area (Å²) >= 11 is 6.16. The molecule has 0 aromatic carbocycles. The van der Waals surface area contributed by atoms with Gasteiger partial charge in [-0.1, -0.05) is 20.4 Å². The number of pyridine rings is 2. The normalized spacial score (nSPS) is 14.3. The number of amides is 4. The second-order valence-corrected chi connectivity index (χ2v) is 23.4. The quantitative estimate of drug-likeness (QED) is 0.0894. The zero-order valence-corrected chi connectivity index (χ0v) is 45.1. The molecule has 0 saturated heterocycles. The second-order valence-electron chi connectivity index (χ2n) is 19.1. The Morgan fingerprint density at radius 2 is 1.21 bits per heavy atom. The third kappa shape index (κ3) is 14.4. The predicted molar refractivity (Wildman–Crippen MR) is 286 cm³/mol. The summed E-state index contributed by atoms with van der Waals surface area (Å²) in [6, 6.07) is 4.65. The van der Waals surface area contributed by atoms with Crippen LogP contribution in [0.5, 0.6) is 0 Å². The first-order chi connectivity index (χ1) is 33.2. The molecule has 16 nitrogen and oxygen atoms in total. The molecule has 0 spiro atoms. The van der Waals surface area contributed by atoms with Crippen molar-refractivity contribution in [2.75, 3.05) is 30.3 Å². The SMILES string of the molecule is C=CC(=O)Nc1sc2c(c1-c1nc3cnccc3s1)CCN(C(=O)OC(C)(C)C)C2.CC[C@H](C)N.CC[C@H](C)NCCC(=O)Nc1sc2c(c1-c1nc3cnccc3s1)CCN(C(=O)OC(C)(C)C)C2. The molecule has 8 heterocycles. The molecule has 5 N–H and O–H groups in total. The predicted octanol–water partition coefficient (Wildman–Crippen LogP) is 11.0. The van der Waals surface area contributed by atoms with Crippen molar-refractivity contribution in [3.63, 3.8) is 0 Å². The van der Waals surface area contributed by atoms with Crippen molar-refractivity contribution in [1.29, 1.82) is 0 Å². The minimum atomic E-state index is -0.546. The largest absolute Gasteiger partial charge is 0.444 e. The molecule has 0 unspecified atom stereocenters. The fourth-order valence-electron chi connectivity index (χ4n) is 7.10. The van der Waals surface area contributed by atoms with Crippen molar-refractivity contribution >= 4 is 99.8 Å². The Labute approximate surface area is 426 Å². The third-order valence-electron chi connectivity index (χ3n) is 11.0. The summed E-state index contributed by atoms with van der Waals surface area (Å²) in [6.45, 7) is 25.7. The van der Waals surface area contributed by atoms with Gasteiger partial charge in [-0.2, -0.15) is 0 Å². The number of ether oxygens (including phenoxy) is 2. The van der Waals surface area contributed by atoms with Crippen molar-refractivity contribution in [2.45, 2.75) is 138 Å². The van der Waals surface area contributed by atoms with E-state index in [0.29, 0.717) is 64.1 Å². The summed E-state index contributed by atoms with van der Waals surface area (Å²) in [7, 11) is 0. The van der Waals surface area contributed by atoms with Crippen molar-refractivity contribution in [3.8, 4) is 21.1 Å². The molecule has 0 radical (unpaired) electrons. The summed E-state index contributed by atoms with van der Waals surface area (Å²) in [4.78, 5) is 73.5. The molecule has 20 heteroatoms. The Morgan fingerprint density at radius 1 is 0.757 bits per heavy atom. The highest BCUT2D eigenvalue weighted by Gasteiger charge is 2.33. The zero-order chi connectivity index (χ0) is 50.9. The third-order valence-corrected chi connectivity index (χ3v) is 15.4. The number of anilines is 2. The number of nitrogens with zero attached hydrogens (tertiary/aromatic N) is 6. The number of hydrogen-bond donors (Lipinski definition) is 4. The molecule has 0 aliphatic carbocycles. The van der Waals surface area contributed by atoms with Crippen LogP contribution in [0.25, 0.3) is 41.6 Å². The summed E-state index contributed by atoms with van der Waals surface area (Å²) in [6.07, 6.45) is 11.4. The van der Waals surface area contributed by atoms with Crippen molar-refractivity contribution < 1.29 is 28.7 Å². The van der Waals surface area contributed by atoms with Crippen molar-refractivity contribution in [1.82, 2.24) is 35.1 Å². The molecule has 4 amide bonds. The molecule has 70 heavy (non-hydrogen) atoms. The molecule has 2 aliphatic heterocycles. The van der Waals surface area contributed by atoms with Crippen LogP contribution in [0.2, 0.25) is 0 Å². The van der Waals surface area contributed by atoms with Crippen LogP contribution in [-0.2, 0) is 45.0 Å². The lowest BCUT2D eigenvalue weighted by molar-refractivity contribution is -0.116. The lowest BCUT2D eigenvalue weighted by Gasteiger charge is -2.30. The number of carbonyl (C=O) groups excluding carboxylic acids is 4. The van der Waals surface area contributed by atoms with E-state index in [1.807, 2.05) is 60.6 Å². The number of hydrogen-bond acceptors (Lipinski definition) is 16. The van der Waals surface area contributed by atoms with Gasteiger partial charge in [-0.3, -0.25) is 19.6 Å². The topological polar surface area (TPSA) is 207 Å². The lowest BCUT2D eigenvalue weighted by atomic mass is 10.0. The van der Waals surface area contributed by atoms with Crippen molar-refractivity contribution in [2.24, 2.45) is 5.73 Å². The summed E-state index contributed by atoms with van der Waals surface area (Å²) in [5.41, 5.74) is 10.0. The lowest BCUT2D eigenvalue weighted by Crippen LogP contribution is -2.39. The number of thiophene rings is 2. The first-order valence-corrected chi connectivity index (χ1v) is 26.8. The highest BCUT2D eigenvalue weighted by atomic mass is 32.1. The molecule has 0 saturated carbocycles. The standard InChI is InChI=1S/C25H33N5O3S2.C21H22N4O3S2.C4H11N/c1-6-15(2)27-11-8-20(31)29-23-21(22-28-17-13-26-10-7-18(17)34-22)16-9-12-30(14-19(16)35-23)24(32)33-25(3,4)5;1-5-16(26)24-19-17(18-23-13-10-22-8-6-14(13)29-18)12-7-9-25(11-15(12)30-19)20(27)28-21(2,3)4;1-3-4(2)5/h7,10,13,15,27H,6,8-9,11-12,14H2,1-5H3,(H,29,31);5-6,8,10H,1,7,9,11H2,2-4H3,(H,24,26);4H,3,5H2,1-2H3/t15-;;4-/m0.0/s1. The number of nitrogens with one attached hydrogen (secondary N) is 3. The maximum absolute atomic E-state index is 12.8. The van der Waals surface area contributed by atoms with E-state index in [0.717, 1.165) is 85.3 Å². The van der Waals surface area contributed by atoms with E-state index in [9.17, 15) is 19.2 Å². The first kappa shape index (κ1) is 54.0. The van der Waals surface area contributed by atoms with Crippen LogP contribution in [0.1, 0.15) is 109 Å². The van der Waals surface area contributed by atoms with Crippen LogP contribution in [0, 0.1) is 0 Å². The van der Waals surface area contributed by atoms with Gasteiger partial charge in [0.05, 0.1) is 34.9 Å². The van der Waals surface area contributed by atoms with E-state index in [1.165, 1.54) is 28.7 Å². The number of rotatable bonds is 11. The molecule has 0 bridgehead atoms. The maximum Gasteiger partial charge on any atom is 0.410 e. The van der Waals surface area contributed by atoms with Gasteiger partial charge in [-0.15, -0.1) is 45.3 Å². The highest BCUT2D eigenvalue weighted by molar-refractivity contribution is 7.23. The van der Waals surface area contributed by atoms with Gasteiger partial charge in [-0.25, -0.2) is 19.6 Å². The number of fused-ring (bicyclic) bond motifs is 4. The number of aromatic nitrogens is 4. The Balaban J connectivity index is 0.000000211. The van der Waals surface area contributed by atoms with Crippen LogP contribution in [0.4, 0.5) is 19.6 Å². The van der Waals surface area contributed by atoms with Gasteiger partial charge in [0.25, 0.3) is 0 Å². The van der Waals surface area contributed by atoms with Gasteiger partial charge >= 0.3 is 12.2 Å². The fourth-order valence-corrected chi connectivity index (χ4v) is 11.8. The molecular weight excluding hydrogens is 965 g/mol. The first-order valence-electron chi connectivity index (χ1n) is 23.6. The Bertz CT molecular complexity index is 2730. The van der Waals surface area contributed by atoms with Crippen LogP contribution >= 0.6 is 45.3 Å². The highest BCUT2D eigenvalue weighted by Crippen LogP contribution is 2.47. The van der Waals surface area contributed by atoms with Gasteiger partial charge in [-0.05, 0) is 110 Å². The van der Waals surface area contributed by atoms with Crippen LogP contribution in [0.3, 0.4) is 0 Å². The minimum absolute atomic E-state index is 0.0348. The number of nitrogens with two attached hydrogens (primary N) is 1. The molecule has 2 atom stereocenters. The summed E-state index contributed by atoms with van der Waals surface area (Å²) in [5.74, 6) is -0.311. The van der Waals surface area contributed by atoms with Gasteiger partial charge in [0.15, 0.2) is 0 Å². The van der Waals surface area contributed by atoms with E-state index in [4.69, 9.17) is 25.2 Å². The molecule has 6 aromatic rings. The molecular formula is C50H66N10O6S4. The maximum atomic E-state index is 12.8. The van der Waals surface area contributed by atoms with Gasteiger partial charge < -0.3 is 41.0 Å². The van der Waals surface area contributed by atoms with Crippen LogP contribution in [0.15, 0.2) is 49.6 Å². The Morgan fingerprint density at radius 3 is 1.61 bits per heavy atom. The molecule has 376 valence electrons. The zero-order valence-electron chi connectivity index (χ0n) is 41.8. The summed E-state index contributed by atoms with van der Waals surface area (Å²) in [5, 5.41) is 12.6. The average molecular weight is 1030 g/mol. The molecule has 8 rings (SSSR count). The van der Waals surface area contributed by atoms with E-state index < -0.39 is 11.2 Å². The van der Waals surface area contributed by atoms with Gasteiger partial charge in [0, 0.05) is 71.4 Å². The smallest absolute Gasteiger partial charge is 0.410 e. The average Bonchev–Trinajstić information content (AvgIpc) is 4.09. The minimum Gasteiger partial charge on any atom is -0.444 e. The molecule has 2 aliphatic rings. The van der Waals surface area contributed by atoms with E-state index in [1.54, 1.807) is 57.3 Å². The van der Waals surface area contributed by atoms with Crippen LogP contribution < -0.4 is 21.7 Å². The number of carbonyl (C=O) groups is 4. The fraction of sp³-hybridized carbons (Fsp3) is 0.480. The van der Waals surface area contributed by atoms with E-state index >= 15 is 0 Å². The van der Waals surface area contributed by atoms with Gasteiger partial charge in [0.2, 0.25) is 11.8 Å². The number of thiazole rings is 2. The van der Waals surface area contributed by atoms with Gasteiger partial charge in [0.1, 0.15) is 42.3 Å². The molecule has 6 aromatic heterocycles. The molecule has 0 fully saturated rings. The Hall–Kier alpha value is -5.38. The van der Waals surface area contributed by atoms with E-state index in [-0.39, 0.29) is 24.0 Å².